The Morgan fingerprint density at radius 2 is 2.28 bits per heavy atom. The van der Waals surface area contributed by atoms with E-state index in [2.05, 4.69) is 9.97 Å². The van der Waals surface area contributed by atoms with Crippen LogP contribution >= 0.6 is 0 Å². The van der Waals surface area contributed by atoms with Gasteiger partial charge in [0.15, 0.2) is 0 Å². The van der Waals surface area contributed by atoms with E-state index in [0.29, 0.717) is 18.9 Å². The molecule has 1 aliphatic rings. The van der Waals surface area contributed by atoms with Crippen molar-refractivity contribution in [2.75, 3.05) is 18.0 Å². The lowest BCUT2D eigenvalue weighted by atomic mass is 10.0. The van der Waals surface area contributed by atoms with E-state index < -0.39 is 6.08 Å². The molecule has 0 N–H and O–H groups in total. The third-order valence-corrected chi connectivity index (χ3v) is 3.23. The summed E-state index contributed by atoms with van der Waals surface area (Å²) >= 11 is 0. The standard InChI is InChI=1S/C12H17FN4O/c1-4-16-7-9(8(2)3)17(12(16)18)10-5-6-14-11(13)15-10/h5-6,8-9H,4,7H2,1-3H3/t9-/m1/s1. The Morgan fingerprint density at radius 3 is 2.83 bits per heavy atom. The van der Waals surface area contributed by atoms with Crippen LogP contribution in [-0.4, -0.2) is 40.0 Å². The van der Waals surface area contributed by atoms with E-state index in [1.165, 1.54) is 6.20 Å². The summed E-state index contributed by atoms with van der Waals surface area (Å²) in [6, 6.07) is 1.47. The van der Waals surface area contributed by atoms with Crippen molar-refractivity contribution >= 4 is 11.8 Å². The highest BCUT2D eigenvalue weighted by Crippen LogP contribution is 2.26. The molecule has 0 bridgehead atoms. The molecule has 98 valence electrons. The van der Waals surface area contributed by atoms with Gasteiger partial charge in [0, 0.05) is 19.3 Å². The van der Waals surface area contributed by atoms with Crippen LogP contribution in [0.3, 0.4) is 0 Å². The van der Waals surface area contributed by atoms with Crippen LogP contribution in [0.4, 0.5) is 15.0 Å². The molecule has 2 heterocycles. The minimum atomic E-state index is -0.808. The number of anilines is 1. The fourth-order valence-corrected chi connectivity index (χ4v) is 2.18. The zero-order valence-electron chi connectivity index (χ0n) is 10.8. The zero-order valence-corrected chi connectivity index (χ0v) is 10.8. The molecule has 0 aliphatic carbocycles. The average molecular weight is 252 g/mol. The molecule has 0 unspecified atom stereocenters. The van der Waals surface area contributed by atoms with Crippen molar-refractivity contribution in [2.45, 2.75) is 26.8 Å². The number of hydrogen-bond acceptors (Lipinski definition) is 3. The van der Waals surface area contributed by atoms with Gasteiger partial charge in [-0.05, 0) is 18.9 Å². The van der Waals surface area contributed by atoms with Crippen LogP contribution in [0.25, 0.3) is 0 Å². The van der Waals surface area contributed by atoms with E-state index in [1.54, 1.807) is 15.9 Å². The molecule has 0 aromatic carbocycles. The Balaban J connectivity index is 2.36. The number of halogens is 1. The Bertz CT molecular complexity index is 451. The maximum Gasteiger partial charge on any atom is 0.326 e. The largest absolute Gasteiger partial charge is 0.326 e. The van der Waals surface area contributed by atoms with Gasteiger partial charge in [0.1, 0.15) is 5.82 Å². The average Bonchev–Trinajstić information content (AvgIpc) is 2.66. The molecular formula is C12H17FN4O. The summed E-state index contributed by atoms with van der Waals surface area (Å²) in [5, 5.41) is 0. The molecule has 1 saturated heterocycles. The van der Waals surface area contributed by atoms with Crippen molar-refractivity contribution < 1.29 is 9.18 Å². The summed E-state index contributed by atoms with van der Waals surface area (Å²) in [6.07, 6.45) is 0.523. The Labute approximate surface area is 106 Å². The summed E-state index contributed by atoms with van der Waals surface area (Å²) in [7, 11) is 0. The molecule has 1 fully saturated rings. The van der Waals surface area contributed by atoms with Gasteiger partial charge in [0.2, 0.25) is 0 Å². The highest BCUT2D eigenvalue weighted by molar-refractivity contribution is 5.94. The first-order valence-electron chi connectivity index (χ1n) is 6.11. The van der Waals surface area contributed by atoms with Crippen LogP contribution in [0.5, 0.6) is 0 Å². The molecule has 0 radical (unpaired) electrons. The molecule has 6 heteroatoms. The predicted octanol–water partition coefficient (Wildman–Crippen LogP) is 1.90. The smallest absolute Gasteiger partial charge is 0.322 e. The lowest BCUT2D eigenvalue weighted by Gasteiger charge is -2.24. The Hall–Kier alpha value is -1.72. The molecule has 1 atom stereocenters. The van der Waals surface area contributed by atoms with Crippen LogP contribution < -0.4 is 4.90 Å². The minimum Gasteiger partial charge on any atom is -0.322 e. The number of aromatic nitrogens is 2. The fraction of sp³-hybridized carbons (Fsp3) is 0.583. The van der Waals surface area contributed by atoms with E-state index in [1.807, 2.05) is 20.8 Å². The van der Waals surface area contributed by atoms with Gasteiger partial charge in [-0.3, -0.25) is 4.90 Å². The number of urea groups is 1. The number of hydrogen-bond donors (Lipinski definition) is 0. The molecule has 5 nitrogen and oxygen atoms in total. The number of carbonyl (C=O) groups is 1. The topological polar surface area (TPSA) is 49.3 Å². The van der Waals surface area contributed by atoms with E-state index in [4.69, 9.17) is 0 Å². The summed E-state index contributed by atoms with van der Waals surface area (Å²) in [5.41, 5.74) is 0. The van der Waals surface area contributed by atoms with E-state index in [-0.39, 0.29) is 18.0 Å². The predicted molar refractivity (Wildman–Crippen MR) is 65.7 cm³/mol. The molecule has 1 aromatic rings. The molecule has 0 saturated carbocycles. The number of rotatable bonds is 3. The second kappa shape index (κ2) is 4.88. The van der Waals surface area contributed by atoms with E-state index in [0.717, 1.165) is 0 Å². The lowest BCUT2D eigenvalue weighted by molar-refractivity contribution is 0.222. The van der Waals surface area contributed by atoms with E-state index >= 15 is 0 Å². The normalized spacial score (nSPS) is 20.1. The first kappa shape index (κ1) is 12.7. The van der Waals surface area contributed by atoms with Gasteiger partial charge in [-0.25, -0.2) is 9.78 Å². The summed E-state index contributed by atoms with van der Waals surface area (Å²) in [4.78, 5) is 22.7. The quantitative estimate of drug-likeness (QED) is 0.772. The van der Waals surface area contributed by atoms with Crippen LogP contribution in [0.1, 0.15) is 20.8 Å². The molecule has 0 spiro atoms. The first-order valence-corrected chi connectivity index (χ1v) is 6.11. The molecule has 1 aliphatic heterocycles. The van der Waals surface area contributed by atoms with Gasteiger partial charge in [0.05, 0.1) is 6.04 Å². The third-order valence-electron chi connectivity index (χ3n) is 3.23. The van der Waals surface area contributed by atoms with Crippen molar-refractivity contribution in [1.29, 1.82) is 0 Å². The molecule has 1 aromatic heterocycles. The number of nitrogens with zero attached hydrogens (tertiary/aromatic N) is 4. The van der Waals surface area contributed by atoms with Crippen molar-refractivity contribution in [2.24, 2.45) is 5.92 Å². The maximum absolute atomic E-state index is 13.1. The van der Waals surface area contributed by atoms with Crippen molar-refractivity contribution in [3.8, 4) is 0 Å². The summed E-state index contributed by atoms with van der Waals surface area (Å²) in [5.74, 6) is 0.616. The van der Waals surface area contributed by atoms with Crippen LogP contribution in [0.15, 0.2) is 12.3 Å². The monoisotopic (exact) mass is 252 g/mol. The van der Waals surface area contributed by atoms with E-state index in [9.17, 15) is 9.18 Å². The highest BCUT2D eigenvalue weighted by Gasteiger charge is 2.39. The van der Waals surface area contributed by atoms with Gasteiger partial charge in [-0.1, -0.05) is 13.8 Å². The van der Waals surface area contributed by atoms with Gasteiger partial charge >= 0.3 is 12.1 Å². The van der Waals surface area contributed by atoms with Crippen LogP contribution in [0.2, 0.25) is 0 Å². The van der Waals surface area contributed by atoms with Crippen molar-refractivity contribution in [3.05, 3.63) is 18.3 Å². The Morgan fingerprint density at radius 1 is 1.56 bits per heavy atom. The van der Waals surface area contributed by atoms with Gasteiger partial charge < -0.3 is 4.90 Å². The minimum absolute atomic E-state index is 0.0201. The number of carbonyl (C=O) groups excluding carboxylic acids is 1. The second-order valence-corrected chi connectivity index (χ2v) is 4.69. The van der Waals surface area contributed by atoms with Crippen LogP contribution in [-0.2, 0) is 0 Å². The number of likely N-dealkylation sites (N-methyl/N-ethyl adjacent to an activating group) is 1. The highest BCUT2D eigenvalue weighted by atomic mass is 19.1. The number of amides is 2. The Kier molecular flexibility index (Phi) is 3.45. The van der Waals surface area contributed by atoms with Crippen molar-refractivity contribution in [1.82, 2.24) is 14.9 Å². The lowest BCUT2D eigenvalue weighted by Crippen LogP contribution is -2.38. The molecule has 18 heavy (non-hydrogen) atoms. The van der Waals surface area contributed by atoms with Crippen LogP contribution in [0, 0.1) is 12.0 Å². The fourth-order valence-electron chi connectivity index (χ4n) is 2.18. The summed E-state index contributed by atoms with van der Waals surface area (Å²) in [6.45, 7) is 7.31. The third kappa shape index (κ3) is 2.14. The maximum atomic E-state index is 13.1. The first-order chi connectivity index (χ1) is 8.54. The molecule has 2 amide bonds. The van der Waals surface area contributed by atoms with Gasteiger partial charge in [-0.15, -0.1) is 0 Å². The van der Waals surface area contributed by atoms with Gasteiger partial charge in [-0.2, -0.15) is 9.37 Å². The second-order valence-electron chi connectivity index (χ2n) is 4.69. The van der Waals surface area contributed by atoms with Crippen molar-refractivity contribution in [3.63, 3.8) is 0 Å². The van der Waals surface area contributed by atoms with Gasteiger partial charge in [0.25, 0.3) is 0 Å². The zero-order chi connectivity index (χ0) is 13.3. The SMILES string of the molecule is CCN1C[C@H](C(C)C)N(c2ccnc(F)n2)C1=O. The molecule has 2 rings (SSSR count). The summed E-state index contributed by atoms with van der Waals surface area (Å²) < 4.78 is 13.1. The molecular weight excluding hydrogens is 235 g/mol.